The molecule has 1 N–H and O–H groups in total. The molecule has 72 valence electrons. The molecule has 0 aliphatic rings. The Bertz CT molecular complexity index is 395. The van der Waals surface area contributed by atoms with Gasteiger partial charge in [-0.15, -0.1) is 0 Å². The van der Waals surface area contributed by atoms with Gasteiger partial charge in [-0.05, 0) is 30.2 Å². The predicted octanol–water partition coefficient (Wildman–Crippen LogP) is 2.53. The van der Waals surface area contributed by atoms with Crippen LogP contribution in [0.15, 0.2) is 35.7 Å². The van der Waals surface area contributed by atoms with Gasteiger partial charge < -0.3 is 5.32 Å². The monoisotopic (exact) mass is 204 g/mol. The Labute approximate surface area is 87.8 Å². The first kappa shape index (κ1) is 9.37. The van der Waals surface area contributed by atoms with Crippen molar-refractivity contribution in [3.63, 3.8) is 0 Å². The molecule has 1 aromatic carbocycles. The standard InChI is InChI=1S/C11H12N2S/c1-12-8-9-4-2-3-5-10(9)11-6-7-14-13-11/h2-7,12H,8H2,1H3. The highest BCUT2D eigenvalue weighted by Gasteiger charge is 2.04. The lowest BCUT2D eigenvalue weighted by atomic mass is 10.1. The highest BCUT2D eigenvalue weighted by molar-refractivity contribution is 7.03. The molecule has 0 saturated carbocycles. The zero-order valence-electron chi connectivity index (χ0n) is 8.03. The molecular weight excluding hydrogens is 192 g/mol. The van der Waals surface area contributed by atoms with Crippen LogP contribution in [0.1, 0.15) is 5.56 Å². The second-order valence-electron chi connectivity index (χ2n) is 3.07. The summed E-state index contributed by atoms with van der Waals surface area (Å²) in [6.07, 6.45) is 0. The normalized spacial score (nSPS) is 10.4. The third-order valence-electron chi connectivity index (χ3n) is 2.10. The molecule has 3 heteroatoms. The number of rotatable bonds is 3. The Morgan fingerprint density at radius 3 is 2.86 bits per heavy atom. The van der Waals surface area contributed by atoms with Crippen LogP contribution in [0.3, 0.4) is 0 Å². The van der Waals surface area contributed by atoms with E-state index in [1.165, 1.54) is 22.7 Å². The number of benzene rings is 1. The van der Waals surface area contributed by atoms with Gasteiger partial charge in [0.05, 0.1) is 5.69 Å². The minimum atomic E-state index is 0.883. The van der Waals surface area contributed by atoms with Crippen LogP contribution >= 0.6 is 11.5 Å². The number of aromatic nitrogens is 1. The number of hydrogen-bond donors (Lipinski definition) is 1. The van der Waals surface area contributed by atoms with E-state index in [9.17, 15) is 0 Å². The molecule has 0 fully saturated rings. The number of nitrogens with zero attached hydrogens (tertiary/aromatic N) is 1. The molecule has 0 aliphatic heterocycles. The fourth-order valence-electron chi connectivity index (χ4n) is 1.47. The summed E-state index contributed by atoms with van der Waals surface area (Å²) in [4.78, 5) is 0. The van der Waals surface area contributed by atoms with Gasteiger partial charge in [0, 0.05) is 17.5 Å². The molecule has 1 aromatic heterocycles. The lowest BCUT2D eigenvalue weighted by molar-refractivity contribution is 0.819. The van der Waals surface area contributed by atoms with Gasteiger partial charge in [-0.25, -0.2) is 0 Å². The van der Waals surface area contributed by atoms with Crippen molar-refractivity contribution in [2.75, 3.05) is 7.05 Å². The van der Waals surface area contributed by atoms with E-state index < -0.39 is 0 Å². The molecule has 2 nitrogen and oxygen atoms in total. The van der Waals surface area contributed by atoms with Crippen LogP contribution in [-0.4, -0.2) is 11.4 Å². The second-order valence-corrected chi connectivity index (χ2v) is 3.74. The first-order valence-corrected chi connectivity index (χ1v) is 5.38. The Morgan fingerprint density at radius 2 is 2.14 bits per heavy atom. The van der Waals surface area contributed by atoms with Gasteiger partial charge in [-0.2, -0.15) is 4.37 Å². The largest absolute Gasteiger partial charge is 0.316 e. The summed E-state index contributed by atoms with van der Waals surface area (Å²) in [5.74, 6) is 0. The molecular formula is C11H12N2S. The molecule has 1 heterocycles. The summed E-state index contributed by atoms with van der Waals surface area (Å²) >= 11 is 1.49. The topological polar surface area (TPSA) is 24.9 Å². The molecule has 2 rings (SSSR count). The maximum atomic E-state index is 4.34. The van der Waals surface area contributed by atoms with Gasteiger partial charge in [-0.3, -0.25) is 0 Å². The molecule has 0 bridgehead atoms. The second kappa shape index (κ2) is 4.35. The first-order valence-electron chi connectivity index (χ1n) is 4.55. The van der Waals surface area contributed by atoms with Crippen molar-refractivity contribution in [1.82, 2.24) is 9.69 Å². The van der Waals surface area contributed by atoms with Crippen molar-refractivity contribution in [1.29, 1.82) is 0 Å². The van der Waals surface area contributed by atoms with E-state index in [0.717, 1.165) is 12.2 Å². The predicted molar refractivity (Wildman–Crippen MR) is 60.3 cm³/mol. The van der Waals surface area contributed by atoms with Crippen molar-refractivity contribution in [3.05, 3.63) is 41.3 Å². The molecule has 0 saturated heterocycles. The van der Waals surface area contributed by atoms with Crippen LogP contribution in [0.4, 0.5) is 0 Å². The van der Waals surface area contributed by atoms with E-state index in [4.69, 9.17) is 0 Å². The fraction of sp³-hybridized carbons (Fsp3) is 0.182. The quantitative estimate of drug-likeness (QED) is 0.831. The van der Waals surface area contributed by atoms with Crippen LogP contribution in [-0.2, 0) is 6.54 Å². The molecule has 2 aromatic rings. The lowest BCUT2D eigenvalue weighted by Crippen LogP contribution is -2.06. The maximum absolute atomic E-state index is 4.34. The fourth-order valence-corrected chi connectivity index (χ4v) is 1.99. The molecule has 0 spiro atoms. The highest BCUT2D eigenvalue weighted by atomic mass is 32.1. The van der Waals surface area contributed by atoms with Crippen LogP contribution in [0.25, 0.3) is 11.3 Å². The Morgan fingerprint density at radius 1 is 1.29 bits per heavy atom. The summed E-state index contributed by atoms with van der Waals surface area (Å²) in [7, 11) is 1.96. The molecule has 0 radical (unpaired) electrons. The van der Waals surface area contributed by atoms with Gasteiger partial charge >= 0.3 is 0 Å². The van der Waals surface area contributed by atoms with E-state index in [-0.39, 0.29) is 0 Å². The maximum Gasteiger partial charge on any atom is 0.0843 e. The zero-order chi connectivity index (χ0) is 9.80. The highest BCUT2D eigenvalue weighted by Crippen LogP contribution is 2.22. The molecule has 0 aliphatic carbocycles. The Hall–Kier alpha value is -1.19. The molecule has 0 amide bonds. The number of nitrogens with one attached hydrogen (secondary N) is 1. The van der Waals surface area contributed by atoms with Crippen LogP contribution in [0.5, 0.6) is 0 Å². The lowest BCUT2D eigenvalue weighted by Gasteiger charge is -2.05. The third-order valence-corrected chi connectivity index (χ3v) is 2.66. The summed E-state index contributed by atoms with van der Waals surface area (Å²) in [5, 5.41) is 5.17. The zero-order valence-corrected chi connectivity index (χ0v) is 8.84. The smallest absolute Gasteiger partial charge is 0.0843 e. The van der Waals surface area contributed by atoms with Crippen LogP contribution in [0, 0.1) is 0 Å². The van der Waals surface area contributed by atoms with E-state index >= 15 is 0 Å². The van der Waals surface area contributed by atoms with Crippen LogP contribution in [0.2, 0.25) is 0 Å². The van der Waals surface area contributed by atoms with Crippen molar-refractivity contribution in [2.24, 2.45) is 0 Å². The van der Waals surface area contributed by atoms with Gasteiger partial charge in [0.1, 0.15) is 0 Å². The number of hydrogen-bond acceptors (Lipinski definition) is 3. The van der Waals surface area contributed by atoms with Gasteiger partial charge in [-0.1, -0.05) is 24.3 Å². The Kier molecular flexibility index (Phi) is 2.91. The van der Waals surface area contributed by atoms with E-state index in [1.807, 2.05) is 18.5 Å². The van der Waals surface area contributed by atoms with Crippen molar-refractivity contribution >= 4 is 11.5 Å². The molecule has 14 heavy (non-hydrogen) atoms. The third kappa shape index (κ3) is 1.84. The average molecular weight is 204 g/mol. The van der Waals surface area contributed by atoms with Gasteiger partial charge in [0.2, 0.25) is 0 Å². The molecule has 0 atom stereocenters. The summed E-state index contributed by atoms with van der Waals surface area (Å²) in [6.45, 7) is 0.883. The average Bonchev–Trinajstić information content (AvgIpc) is 2.72. The summed E-state index contributed by atoms with van der Waals surface area (Å²) in [6, 6.07) is 10.4. The Balaban J connectivity index is 2.42. The van der Waals surface area contributed by atoms with Gasteiger partial charge in [0.25, 0.3) is 0 Å². The van der Waals surface area contributed by atoms with E-state index in [2.05, 4.69) is 34.0 Å². The van der Waals surface area contributed by atoms with Crippen LogP contribution < -0.4 is 5.32 Å². The van der Waals surface area contributed by atoms with E-state index in [0.29, 0.717) is 0 Å². The van der Waals surface area contributed by atoms with Gasteiger partial charge in [0.15, 0.2) is 0 Å². The molecule has 0 unspecified atom stereocenters. The summed E-state index contributed by atoms with van der Waals surface area (Å²) < 4.78 is 4.34. The minimum absolute atomic E-state index is 0.883. The van der Waals surface area contributed by atoms with Crippen molar-refractivity contribution in [3.8, 4) is 11.3 Å². The first-order chi connectivity index (χ1) is 6.92. The SMILES string of the molecule is CNCc1ccccc1-c1ccsn1. The van der Waals surface area contributed by atoms with Crippen molar-refractivity contribution in [2.45, 2.75) is 6.54 Å². The summed E-state index contributed by atoms with van der Waals surface area (Å²) in [5.41, 5.74) is 3.59. The van der Waals surface area contributed by atoms with Crippen molar-refractivity contribution < 1.29 is 0 Å². The minimum Gasteiger partial charge on any atom is -0.316 e. The van der Waals surface area contributed by atoms with E-state index in [1.54, 1.807) is 0 Å².